The number of rotatable bonds is 5. The SMILES string of the molecule is Nc1ccc2c(c1)CCCC2NS(=O)(=O)CCCF. The van der Waals surface area contributed by atoms with Gasteiger partial charge in [0.15, 0.2) is 0 Å². The molecule has 0 radical (unpaired) electrons. The minimum Gasteiger partial charge on any atom is -0.399 e. The second-order valence-electron chi connectivity index (χ2n) is 4.88. The molecule has 0 aliphatic heterocycles. The molecule has 0 amide bonds. The number of nitrogens with two attached hydrogens (primary N) is 1. The molecule has 0 bridgehead atoms. The lowest BCUT2D eigenvalue weighted by Crippen LogP contribution is -2.32. The van der Waals surface area contributed by atoms with E-state index in [9.17, 15) is 12.8 Å². The molecule has 106 valence electrons. The van der Waals surface area contributed by atoms with Gasteiger partial charge in [0, 0.05) is 11.7 Å². The second kappa shape index (κ2) is 5.88. The first-order valence-corrected chi connectivity index (χ1v) is 8.11. The van der Waals surface area contributed by atoms with Gasteiger partial charge in [0.2, 0.25) is 10.0 Å². The Labute approximate surface area is 113 Å². The maximum Gasteiger partial charge on any atom is 0.212 e. The number of halogens is 1. The van der Waals surface area contributed by atoms with E-state index in [-0.39, 0.29) is 18.2 Å². The average molecular weight is 286 g/mol. The smallest absolute Gasteiger partial charge is 0.212 e. The highest BCUT2D eigenvalue weighted by Crippen LogP contribution is 2.31. The van der Waals surface area contributed by atoms with Crippen LogP contribution >= 0.6 is 0 Å². The fourth-order valence-corrected chi connectivity index (χ4v) is 3.76. The normalized spacial score (nSPS) is 19.1. The van der Waals surface area contributed by atoms with Gasteiger partial charge in [-0.15, -0.1) is 0 Å². The lowest BCUT2D eigenvalue weighted by molar-refractivity contribution is 0.476. The molecule has 0 saturated carbocycles. The highest BCUT2D eigenvalue weighted by molar-refractivity contribution is 7.89. The van der Waals surface area contributed by atoms with Gasteiger partial charge in [-0.3, -0.25) is 4.39 Å². The van der Waals surface area contributed by atoms with Crippen molar-refractivity contribution in [1.82, 2.24) is 4.72 Å². The molecule has 19 heavy (non-hydrogen) atoms. The third kappa shape index (κ3) is 3.67. The zero-order chi connectivity index (χ0) is 13.9. The zero-order valence-corrected chi connectivity index (χ0v) is 11.5. The quantitative estimate of drug-likeness (QED) is 0.812. The molecule has 1 atom stereocenters. The largest absolute Gasteiger partial charge is 0.399 e. The van der Waals surface area contributed by atoms with Gasteiger partial charge in [0.25, 0.3) is 0 Å². The van der Waals surface area contributed by atoms with Crippen LogP contribution in [0.3, 0.4) is 0 Å². The lowest BCUT2D eigenvalue weighted by Gasteiger charge is -2.26. The summed E-state index contributed by atoms with van der Waals surface area (Å²) in [5, 5.41) is 0. The van der Waals surface area contributed by atoms with Crippen molar-refractivity contribution in [3.05, 3.63) is 29.3 Å². The van der Waals surface area contributed by atoms with Gasteiger partial charge in [-0.25, -0.2) is 13.1 Å². The van der Waals surface area contributed by atoms with E-state index in [0.717, 1.165) is 30.4 Å². The monoisotopic (exact) mass is 286 g/mol. The van der Waals surface area contributed by atoms with E-state index in [1.165, 1.54) is 0 Å². The molecule has 6 heteroatoms. The first-order chi connectivity index (χ1) is 9.02. The van der Waals surface area contributed by atoms with Gasteiger partial charge >= 0.3 is 0 Å². The molecule has 0 saturated heterocycles. The number of nitrogen functional groups attached to an aromatic ring is 1. The second-order valence-corrected chi connectivity index (χ2v) is 6.76. The van der Waals surface area contributed by atoms with Crippen LogP contribution in [-0.2, 0) is 16.4 Å². The highest BCUT2D eigenvalue weighted by atomic mass is 32.2. The van der Waals surface area contributed by atoms with Crippen LogP contribution in [-0.4, -0.2) is 20.8 Å². The van der Waals surface area contributed by atoms with Gasteiger partial charge < -0.3 is 5.73 Å². The minimum absolute atomic E-state index is 0.0383. The summed E-state index contributed by atoms with van der Waals surface area (Å²) in [6, 6.07) is 5.35. The van der Waals surface area contributed by atoms with Crippen molar-refractivity contribution in [1.29, 1.82) is 0 Å². The molecule has 0 aromatic heterocycles. The number of alkyl halides is 1. The molecule has 1 aromatic rings. The molecule has 1 aromatic carbocycles. The summed E-state index contributed by atoms with van der Waals surface area (Å²) in [6.07, 6.45) is 2.65. The third-order valence-corrected chi connectivity index (χ3v) is 4.82. The third-order valence-electron chi connectivity index (χ3n) is 3.35. The molecule has 1 aliphatic carbocycles. The van der Waals surface area contributed by atoms with E-state index in [4.69, 9.17) is 5.73 Å². The lowest BCUT2D eigenvalue weighted by atomic mass is 9.88. The molecular weight excluding hydrogens is 267 g/mol. The number of fused-ring (bicyclic) bond motifs is 1. The van der Waals surface area contributed by atoms with Crippen molar-refractivity contribution in [2.24, 2.45) is 0 Å². The molecular formula is C13H19FN2O2S. The van der Waals surface area contributed by atoms with Gasteiger partial charge in [0.1, 0.15) is 0 Å². The Balaban J connectivity index is 2.16. The fourth-order valence-electron chi connectivity index (χ4n) is 2.48. The van der Waals surface area contributed by atoms with Crippen molar-refractivity contribution >= 4 is 15.7 Å². The van der Waals surface area contributed by atoms with E-state index in [2.05, 4.69) is 4.72 Å². The van der Waals surface area contributed by atoms with E-state index in [1.807, 2.05) is 12.1 Å². The Hall–Kier alpha value is -1.14. The minimum atomic E-state index is -3.42. The molecule has 0 spiro atoms. The summed E-state index contributed by atoms with van der Waals surface area (Å²) in [4.78, 5) is 0. The molecule has 3 N–H and O–H groups in total. The van der Waals surface area contributed by atoms with Crippen molar-refractivity contribution < 1.29 is 12.8 Å². The van der Waals surface area contributed by atoms with Crippen LogP contribution in [0.1, 0.15) is 36.4 Å². The molecule has 4 nitrogen and oxygen atoms in total. The number of nitrogens with one attached hydrogen (secondary N) is 1. The van der Waals surface area contributed by atoms with E-state index in [1.54, 1.807) is 6.07 Å². The highest BCUT2D eigenvalue weighted by Gasteiger charge is 2.24. The standard InChI is InChI=1S/C13H19FN2O2S/c14-7-2-8-19(17,18)16-13-4-1-3-10-9-11(15)5-6-12(10)13/h5-6,9,13,16H,1-4,7-8,15H2. The summed E-state index contributed by atoms with van der Waals surface area (Å²) < 4.78 is 38.4. The van der Waals surface area contributed by atoms with Crippen LogP contribution in [0.15, 0.2) is 18.2 Å². The summed E-state index contributed by atoms with van der Waals surface area (Å²) in [6.45, 7) is -0.612. The van der Waals surface area contributed by atoms with Crippen molar-refractivity contribution in [3.63, 3.8) is 0 Å². The maximum absolute atomic E-state index is 12.1. The number of hydrogen-bond donors (Lipinski definition) is 2. The van der Waals surface area contributed by atoms with Crippen molar-refractivity contribution in [2.75, 3.05) is 18.2 Å². The Kier molecular flexibility index (Phi) is 4.42. The van der Waals surface area contributed by atoms with Crippen LogP contribution in [0.2, 0.25) is 0 Å². The Bertz CT molecular complexity index is 546. The zero-order valence-electron chi connectivity index (χ0n) is 10.7. The Morgan fingerprint density at radius 2 is 2.21 bits per heavy atom. The number of benzene rings is 1. The summed E-state index contributed by atoms with van der Waals surface area (Å²) in [5.41, 5.74) is 8.53. The van der Waals surface area contributed by atoms with Gasteiger partial charge in [-0.05, 0) is 48.9 Å². The number of hydrogen-bond acceptors (Lipinski definition) is 3. The molecule has 1 unspecified atom stereocenters. The predicted octanol–water partition coefficient (Wildman–Crippen LogP) is 1.93. The van der Waals surface area contributed by atoms with E-state index >= 15 is 0 Å². The summed E-state index contributed by atoms with van der Waals surface area (Å²) in [7, 11) is -3.42. The topological polar surface area (TPSA) is 72.2 Å². The fraction of sp³-hybridized carbons (Fsp3) is 0.538. The Morgan fingerprint density at radius 3 is 2.95 bits per heavy atom. The van der Waals surface area contributed by atoms with E-state index < -0.39 is 16.7 Å². The van der Waals surface area contributed by atoms with Crippen LogP contribution in [0.5, 0.6) is 0 Å². The van der Waals surface area contributed by atoms with E-state index in [0.29, 0.717) is 5.69 Å². The van der Waals surface area contributed by atoms with Crippen molar-refractivity contribution in [3.8, 4) is 0 Å². The summed E-state index contributed by atoms with van der Waals surface area (Å²) >= 11 is 0. The number of aryl methyl sites for hydroxylation is 1. The number of sulfonamides is 1. The van der Waals surface area contributed by atoms with Crippen LogP contribution in [0.4, 0.5) is 10.1 Å². The molecule has 0 fully saturated rings. The summed E-state index contributed by atoms with van der Waals surface area (Å²) in [5.74, 6) is -0.162. The predicted molar refractivity (Wildman–Crippen MR) is 74.0 cm³/mol. The average Bonchev–Trinajstić information content (AvgIpc) is 2.36. The van der Waals surface area contributed by atoms with Crippen LogP contribution in [0, 0.1) is 0 Å². The van der Waals surface area contributed by atoms with Gasteiger partial charge in [-0.1, -0.05) is 6.07 Å². The first kappa shape index (κ1) is 14.3. The van der Waals surface area contributed by atoms with Gasteiger partial charge in [-0.2, -0.15) is 0 Å². The molecule has 2 rings (SSSR count). The van der Waals surface area contributed by atoms with Crippen LogP contribution < -0.4 is 10.5 Å². The van der Waals surface area contributed by atoms with Crippen LogP contribution in [0.25, 0.3) is 0 Å². The maximum atomic E-state index is 12.1. The number of anilines is 1. The first-order valence-electron chi connectivity index (χ1n) is 6.46. The molecule has 0 heterocycles. The van der Waals surface area contributed by atoms with Gasteiger partial charge in [0.05, 0.1) is 12.4 Å². The van der Waals surface area contributed by atoms with Crippen molar-refractivity contribution in [2.45, 2.75) is 31.7 Å². The Morgan fingerprint density at radius 1 is 1.42 bits per heavy atom. The molecule has 1 aliphatic rings.